The number of amides is 2. The van der Waals surface area contributed by atoms with Crippen molar-refractivity contribution in [1.82, 2.24) is 10.6 Å². The molecule has 0 aromatic heterocycles. The molecule has 0 saturated heterocycles. The predicted octanol–water partition coefficient (Wildman–Crippen LogP) is -0.150. The van der Waals surface area contributed by atoms with Crippen molar-refractivity contribution in [3.63, 3.8) is 0 Å². The van der Waals surface area contributed by atoms with Crippen molar-refractivity contribution in [3.05, 3.63) is 0 Å². The molecule has 1 unspecified atom stereocenters. The van der Waals surface area contributed by atoms with Crippen LogP contribution in [0.1, 0.15) is 20.3 Å². The molecule has 3 N–H and O–H groups in total. The number of hydrogen-bond donors (Lipinski definition) is 3. The summed E-state index contributed by atoms with van der Waals surface area (Å²) in [5.41, 5.74) is 0. The second-order valence-electron chi connectivity index (χ2n) is 4.31. The molecule has 8 heteroatoms. The van der Waals surface area contributed by atoms with E-state index in [2.05, 4.69) is 10.6 Å². The maximum atomic E-state index is 11.4. The summed E-state index contributed by atoms with van der Waals surface area (Å²) in [6.07, 6.45) is 1.26. The zero-order chi connectivity index (χ0) is 15.4. The number of hydrogen-bond acceptors (Lipinski definition) is 5. The summed E-state index contributed by atoms with van der Waals surface area (Å²) in [5.74, 6) is -0.960. The number of ether oxygens (including phenoxy) is 1. The molecule has 20 heavy (non-hydrogen) atoms. The van der Waals surface area contributed by atoms with Crippen LogP contribution in [-0.4, -0.2) is 60.2 Å². The highest BCUT2D eigenvalue weighted by Gasteiger charge is 2.16. The second-order valence-corrected chi connectivity index (χ2v) is 5.34. The molecular formula is C12H22N2O5S. The van der Waals surface area contributed by atoms with Gasteiger partial charge in [-0.05, 0) is 20.3 Å². The summed E-state index contributed by atoms with van der Waals surface area (Å²) in [4.78, 5) is 32.3. The zero-order valence-corrected chi connectivity index (χ0v) is 12.6. The third-order valence-corrected chi connectivity index (χ3v) is 3.21. The largest absolute Gasteiger partial charge is 0.480 e. The van der Waals surface area contributed by atoms with Crippen molar-refractivity contribution in [3.8, 4) is 0 Å². The highest BCUT2D eigenvalue weighted by atomic mass is 32.2. The Morgan fingerprint density at radius 2 is 2.10 bits per heavy atom. The standard InChI is InChI=1S/C12H22N2O5S/c1-9(2)19-5-3-4-13-11(16)7-20-6-10(12(17)18)14-8-15/h8-10H,3-7H2,1-2H3,(H,13,16)(H,14,15)(H,17,18). The Labute approximate surface area is 122 Å². The molecule has 0 aliphatic carbocycles. The van der Waals surface area contributed by atoms with Gasteiger partial charge in [0.1, 0.15) is 6.04 Å². The van der Waals surface area contributed by atoms with Crippen molar-refractivity contribution in [1.29, 1.82) is 0 Å². The lowest BCUT2D eigenvalue weighted by Gasteiger charge is -2.11. The molecule has 0 bridgehead atoms. The Balaban J connectivity index is 3.62. The first-order valence-electron chi connectivity index (χ1n) is 6.36. The molecule has 0 aliphatic rings. The van der Waals surface area contributed by atoms with Crippen LogP contribution < -0.4 is 10.6 Å². The van der Waals surface area contributed by atoms with Crippen molar-refractivity contribution in [2.75, 3.05) is 24.7 Å². The molecule has 1 atom stereocenters. The van der Waals surface area contributed by atoms with Crippen LogP contribution in [-0.2, 0) is 19.1 Å². The summed E-state index contributed by atoms with van der Waals surface area (Å²) >= 11 is 1.16. The van der Waals surface area contributed by atoms with Gasteiger partial charge in [-0.3, -0.25) is 9.59 Å². The summed E-state index contributed by atoms with van der Waals surface area (Å²) in [5, 5.41) is 13.7. The third-order valence-electron chi connectivity index (χ3n) is 2.18. The molecule has 116 valence electrons. The van der Waals surface area contributed by atoms with Crippen LogP contribution in [0.15, 0.2) is 0 Å². The van der Waals surface area contributed by atoms with E-state index in [0.29, 0.717) is 19.6 Å². The average molecular weight is 306 g/mol. The van der Waals surface area contributed by atoms with E-state index in [1.165, 1.54) is 0 Å². The molecular weight excluding hydrogens is 284 g/mol. The first-order valence-corrected chi connectivity index (χ1v) is 7.51. The fraction of sp³-hybridized carbons (Fsp3) is 0.750. The summed E-state index contributed by atoms with van der Waals surface area (Å²) in [7, 11) is 0. The van der Waals surface area contributed by atoms with E-state index in [9.17, 15) is 14.4 Å². The highest BCUT2D eigenvalue weighted by Crippen LogP contribution is 2.02. The lowest BCUT2D eigenvalue weighted by molar-refractivity contribution is -0.139. The van der Waals surface area contributed by atoms with Gasteiger partial charge < -0.3 is 20.5 Å². The Bertz CT molecular complexity index is 312. The number of aliphatic carboxylic acids is 1. The number of carbonyl (C=O) groups excluding carboxylic acids is 2. The Kier molecular flexibility index (Phi) is 10.8. The molecule has 0 saturated carbocycles. The van der Waals surface area contributed by atoms with Crippen LogP contribution in [0.2, 0.25) is 0 Å². The van der Waals surface area contributed by atoms with Crippen LogP contribution in [0.5, 0.6) is 0 Å². The van der Waals surface area contributed by atoms with Crippen LogP contribution in [0.3, 0.4) is 0 Å². The minimum atomic E-state index is -1.11. The average Bonchev–Trinajstić information content (AvgIpc) is 2.36. The quantitative estimate of drug-likeness (QED) is 0.342. The third kappa shape index (κ3) is 10.6. The van der Waals surface area contributed by atoms with Crippen LogP contribution in [0.25, 0.3) is 0 Å². The van der Waals surface area contributed by atoms with Gasteiger partial charge in [-0.1, -0.05) is 0 Å². The molecule has 0 radical (unpaired) electrons. The first kappa shape index (κ1) is 18.7. The van der Waals surface area contributed by atoms with Gasteiger partial charge in [0, 0.05) is 18.9 Å². The molecule has 7 nitrogen and oxygen atoms in total. The van der Waals surface area contributed by atoms with Crippen LogP contribution >= 0.6 is 11.8 Å². The molecule has 2 amide bonds. The van der Waals surface area contributed by atoms with Crippen molar-refractivity contribution in [2.45, 2.75) is 32.4 Å². The number of carbonyl (C=O) groups is 3. The van der Waals surface area contributed by atoms with Crippen LogP contribution in [0, 0.1) is 0 Å². The number of carboxylic acids is 1. The van der Waals surface area contributed by atoms with Crippen molar-refractivity contribution < 1.29 is 24.2 Å². The van der Waals surface area contributed by atoms with E-state index in [4.69, 9.17) is 9.84 Å². The maximum absolute atomic E-state index is 11.4. The Morgan fingerprint density at radius 3 is 2.65 bits per heavy atom. The summed E-state index contributed by atoms with van der Waals surface area (Å²) in [6, 6.07) is -0.968. The van der Waals surface area contributed by atoms with Gasteiger partial charge in [0.25, 0.3) is 0 Å². The van der Waals surface area contributed by atoms with E-state index in [-0.39, 0.29) is 23.5 Å². The molecule has 0 aliphatic heterocycles. The fourth-order valence-electron chi connectivity index (χ4n) is 1.21. The molecule has 0 heterocycles. The van der Waals surface area contributed by atoms with E-state index in [1.54, 1.807) is 0 Å². The van der Waals surface area contributed by atoms with Gasteiger partial charge in [0.05, 0.1) is 11.9 Å². The minimum Gasteiger partial charge on any atom is -0.480 e. The number of nitrogens with one attached hydrogen (secondary N) is 2. The Morgan fingerprint density at radius 1 is 1.40 bits per heavy atom. The lowest BCUT2D eigenvalue weighted by Crippen LogP contribution is -2.38. The van der Waals surface area contributed by atoms with Crippen LogP contribution in [0.4, 0.5) is 0 Å². The zero-order valence-electron chi connectivity index (χ0n) is 11.8. The van der Waals surface area contributed by atoms with Gasteiger partial charge in [-0.15, -0.1) is 11.8 Å². The van der Waals surface area contributed by atoms with Gasteiger partial charge in [-0.25, -0.2) is 4.79 Å². The smallest absolute Gasteiger partial charge is 0.327 e. The maximum Gasteiger partial charge on any atom is 0.327 e. The monoisotopic (exact) mass is 306 g/mol. The summed E-state index contributed by atoms with van der Waals surface area (Å²) in [6.45, 7) is 5.01. The van der Waals surface area contributed by atoms with E-state index >= 15 is 0 Å². The molecule has 0 spiro atoms. The second kappa shape index (κ2) is 11.5. The fourth-order valence-corrected chi connectivity index (χ4v) is 2.09. The van der Waals surface area contributed by atoms with Gasteiger partial charge >= 0.3 is 5.97 Å². The van der Waals surface area contributed by atoms with Crippen molar-refractivity contribution in [2.24, 2.45) is 0 Å². The van der Waals surface area contributed by atoms with E-state index < -0.39 is 12.0 Å². The predicted molar refractivity (Wildman–Crippen MR) is 76.7 cm³/mol. The SMILES string of the molecule is CC(C)OCCCNC(=O)CSCC(NC=O)C(=O)O. The molecule has 0 fully saturated rings. The lowest BCUT2D eigenvalue weighted by atomic mass is 10.3. The van der Waals surface area contributed by atoms with Crippen molar-refractivity contribution >= 4 is 30.0 Å². The van der Waals surface area contributed by atoms with Gasteiger partial charge in [0.2, 0.25) is 12.3 Å². The van der Waals surface area contributed by atoms with Gasteiger partial charge in [0.15, 0.2) is 0 Å². The number of rotatable bonds is 12. The van der Waals surface area contributed by atoms with E-state index in [1.807, 2.05) is 13.8 Å². The topological polar surface area (TPSA) is 105 Å². The summed E-state index contributed by atoms with van der Waals surface area (Å²) < 4.78 is 5.33. The Hall–Kier alpha value is -1.28. The number of thioether (sulfide) groups is 1. The number of carboxylic acid groups (broad SMARTS) is 1. The van der Waals surface area contributed by atoms with E-state index in [0.717, 1.165) is 18.2 Å². The minimum absolute atomic E-state index is 0.151. The molecule has 0 aromatic rings. The first-order chi connectivity index (χ1) is 9.47. The normalized spacial score (nSPS) is 11.9. The highest BCUT2D eigenvalue weighted by molar-refractivity contribution is 8.00. The molecule has 0 rings (SSSR count). The van der Waals surface area contributed by atoms with Gasteiger partial charge in [-0.2, -0.15) is 0 Å². The molecule has 0 aromatic carbocycles.